The van der Waals surface area contributed by atoms with Crippen molar-refractivity contribution in [3.05, 3.63) is 41.2 Å². The molecule has 0 saturated carbocycles. The maximum Gasteiger partial charge on any atom is 0.175 e. The second-order valence-electron chi connectivity index (χ2n) is 10.2. The van der Waals surface area contributed by atoms with Gasteiger partial charge in [0, 0.05) is 42.3 Å². The van der Waals surface area contributed by atoms with Crippen molar-refractivity contribution in [2.75, 3.05) is 18.0 Å². The molecule has 0 amide bonds. The number of halogens is 1. The van der Waals surface area contributed by atoms with Gasteiger partial charge >= 0.3 is 0 Å². The van der Waals surface area contributed by atoms with Crippen LogP contribution in [0.5, 0.6) is 0 Å². The Hall–Kier alpha value is -3.00. The second kappa shape index (κ2) is 8.65. The lowest BCUT2D eigenvalue weighted by Gasteiger charge is -2.34. The van der Waals surface area contributed by atoms with Crippen LogP contribution in [0.1, 0.15) is 63.1 Å². The highest BCUT2D eigenvalue weighted by Gasteiger charge is 2.27. The molecule has 1 aliphatic rings. The zero-order chi connectivity index (χ0) is 24.1. The first-order chi connectivity index (χ1) is 16.3. The van der Waals surface area contributed by atoms with E-state index in [0.29, 0.717) is 23.3 Å². The van der Waals surface area contributed by atoms with E-state index in [-0.39, 0.29) is 11.7 Å². The molecule has 1 fully saturated rings. The van der Waals surface area contributed by atoms with Gasteiger partial charge in [-0.3, -0.25) is 0 Å². The summed E-state index contributed by atoms with van der Waals surface area (Å²) < 4.78 is 17.9. The Balaban J connectivity index is 1.60. The largest absolute Gasteiger partial charge is 0.354 e. The molecule has 2 N–H and O–H groups in total. The molecule has 1 saturated heterocycles. The summed E-state index contributed by atoms with van der Waals surface area (Å²) in [4.78, 5) is 14.5. The van der Waals surface area contributed by atoms with Crippen LogP contribution >= 0.6 is 0 Å². The van der Waals surface area contributed by atoms with Gasteiger partial charge in [0.15, 0.2) is 17.3 Å². The van der Waals surface area contributed by atoms with Crippen LogP contribution in [0.15, 0.2) is 18.7 Å². The highest BCUT2D eigenvalue weighted by atomic mass is 19.1. The summed E-state index contributed by atoms with van der Waals surface area (Å²) in [6, 6.07) is 0.935. The summed E-state index contributed by atoms with van der Waals surface area (Å²) in [6.45, 7) is 14.3. The molecule has 34 heavy (non-hydrogen) atoms. The molecule has 7 nitrogen and oxygen atoms in total. The molecule has 5 heterocycles. The van der Waals surface area contributed by atoms with Crippen molar-refractivity contribution < 1.29 is 4.39 Å². The average molecular weight is 464 g/mol. The first kappa shape index (κ1) is 22.8. The van der Waals surface area contributed by atoms with Crippen molar-refractivity contribution in [1.29, 1.82) is 0 Å². The maximum absolute atomic E-state index is 16.1. The van der Waals surface area contributed by atoms with Gasteiger partial charge in [0.1, 0.15) is 6.33 Å². The van der Waals surface area contributed by atoms with Crippen molar-refractivity contribution in [3.8, 4) is 11.3 Å². The van der Waals surface area contributed by atoms with Gasteiger partial charge in [-0.25, -0.2) is 18.9 Å². The van der Waals surface area contributed by atoms with E-state index in [1.165, 1.54) is 0 Å². The fourth-order valence-electron chi connectivity index (χ4n) is 5.36. The molecule has 4 aromatic rings. The van der Waals surface area contributed by atoms with E-state index in [4.69, 9.17) is 0 Å². The molecule has 8 heteroatoms. The molecule has 0 bridgehead atoms. The third-order valence-electron chi connectivity index (χ3n) is 7.14. The topological polar surface area (TPSA) is 74.1 Å². The number of fused-ring (bicyclic) bond motifs is 2. The van der Waals surface area contributed by atoms with Gasteiger partial charge in [0.2, 0.25) is 0 Å². The smallest absolute Gasteiger partial charge is 0.175 e. The zero-order valence-electron chi connectivity index (χ0n) is 20.9. The van der Waals surface area contributed by atoms with Gasteiger partial charge in [0.05, 0.1) is 17.4 Å². The summed E-state index contributed by atoms with van der Waals surface area (Å²) in [7, 11) is 0. The Morgan fingerprint density at radius 3 is 2.50 bits per heavy atom. The lowest BCUT2D eigenvalue weighted by atomic mass is 9.94. The van der Waals surface area contributed by atoms with Crippen LogP contribution in [0, 0.1) is 19.7 Å². The lowest BCUT2D eigenvalue weighted by Crippen LogP contribution is -2.45. The molecule has 4 aromatic heterocycles. The Bertz CT molecular complexity index is 1340. The Kier molecular flexibility index (Phi) is 5.80. The molecule has 0 radical (unpaired) electrons. The Labute approximate surface area is 199 Å². The molecule has 1 aliphatic heterocycles. The average Bonchev–Trinajstić information content (AvgIpc) is 3.42. The van der Waals surface area contributed by atoms with E-state index in [1.807, 2.05) is 6.20 Å². The molecule has 5 rings (SSSR count). The second-order valence-corrected chi connectivity index (χ2v) is 10.2. The fraction of sp³-hybridized carbons (Fsp3) is 0.500. The SMILES string of the molecule is Cc1c(-c2[nH]c3cnc(N4CCC(NC(C)C)CC4)c(F)c3c2C(C)C)cn2ncnc2c1C. The summed E-state index contributed by atoms with van der Waals surface area (Å²) in [5.41, 5.74) is 6.68. The van der Waals surface area contributed by atoms with Crippen LogP contribution in [-0.4, -0.2) is 49.7 Å². The Morgan fingerprint density at radius 1 is 1.09 bits per heavy atom. The highest BCUT2D eigenvalue weighted by molar-refractivity contribution is 5.94. The number of hydrogen-bond donors (Lipinski definition) is 2. The van der Waals surface area contributed by atoms with E-state index < -0.39 is 0 Å². The monoisotopic (exact) mass is 463 g/mol. The van der Waals surface area contributed by atoms with Crippen LogP contribution in [0.4, 0.5) is 10.2 Å². The van der Waals surface area contributed by atoms with Crippen molar-refractivity contribution >= 4 is 22.4 Å². The van der Waals surface area contributed by atoms with Crippen LogP contribution in [0.3, 0.4) is 0 Å². The highest BCUT2D eigenvalue weighted by Crippen LogP contribution is 2.40. The standard InChI is InChI=1S/C26H34FN7/c1-14(2)21-22-20(32-24(21)19-12-34-25(29-13-30-34)17(6)16(19)5)11-28-26(23(22)27)33-9-7-18(8-10-33)31-15(3)4/h11-15,18,31-32H,7-10H2,1-6H3. The number of H-pyrrole nitrogens is 1. The van der Waals surface area contributed by atoms with Gasteiger partial charge in [0.25, 0.3) is 0 Å². The molecule has 0 aromatic carbocycles. The van der Waals surface area contributed by atoms with Crippen LogP contribution in [0.2, 0.25) is 0 Å². The van der Waals surface area contributed by atoms with Gasteiger partial charge in [-0.05, 0) is 49.3 Å². The molecule has 180 valence electrons. The minimum atomic E-state index is -0.227. The van der Waals surface area contributed by atoms with Crippen molar-refractivity contribution in [2.45, 2.75) is 72.4 Å². The van der Waals surface area contributed by atoms with Crippen molar-refractivity contribution in [2.24, 2.45) is 0 Å². The molecular weight excluding hydrogens is 429 g/mol. The van der Waals surface area contributed by atoms with E-state index >= 15 is 4.39 Å². The molecule has 0 spiro atoms. The van der Waals surface area contributed by atoms with Gasteiger partial charge < -0.3 is 15.2 Å². The first-order valence-corrected chi connectivity index (χ1v) is 12.3. The summed E-state index contributed by atoms with van der Waals surface area (Å²) >= 11 is 0. The van der Waals surface area contributed by atoms with Crippen molar-refractivity contribution in [1.82, 2.24) is 29.9 Å². The van der Waals surface area contributed by atoms with E-state index in [0.717, 1.165) is 65.0 Å². The van der Waals surface area contributed by atoms with E-state index in [2.05, 4.69) is 71.8 Å². The number of aryl methyl sites for hydroxylation is 1. The zero-order valence-corrected chi connectivity index (χ0v) is 20.9. The maximum atomic E-state index is 16.1. The van der Waals surface area contributed by atoms with E-state index in [9.17, 15) is 0 Å². The number of rotatable bonds is 5. The number of pyridine rings is 2. The summed E-state index contributed by atoms with van der Waals surface area (Å²) in [6.07, 6.45) is 7.32. The van der Waals surface area contributed by atoms with Crippen LogP contribution < -0.4 is 10.2 Å². The first-order valence-electron chi connectivity index (χ1n) is 12.3. The Morgan fingerprint density at radius 2 is 1.82 bits per heavy atom. The number of anilines is 1. The predicted molar refractivity (Wildman–Crippen MR) is 135 cm³/mol. The quantitative estimate of drug-likeness (QED) is 0.430. The number of aromatic nitrogens is 5. The summed E-state index contributed by atoms with van der Waals surface area (Å²) in [5, 5.41) is 8.60. The predicted octanol–water partition coefficient (Wildman–Crippen LogP) is 5.12. The lowest BCUT2D eigenvalue weighted by molar-refractivity contribution is 0.384. The molecular formula is C26H34FN7. The normalized spacial score (nSPS) is 15.5. The third kappa shape index (κ3) is 3.74. The van der Waals surface area contributed by atoms with Crippen molar-refractivity contribution in [3.63, 3.8) is 0 Å². The third-order valence-corrected chi connectivity index (χ3v) is 7.14. The van der Waals surface area contributed by atoms with Gasteiger partial charge in [-0.15, -0.1) is 0 Å². The molecule has 0 unspecified atom stereocenters. The van der Waals surface area contributed by atoms with Crippen LogP contribution in [0.25, 0.3) is 27.8 Å². The van der Waals surface area contributed by atoms with Gasteiger partial charge in [-0.1, -0.05) is 27.7 Å². The number of hydrogen-bond acceptors (Lipinski definition) is 5. The summed E-state index contributed by atoms with van der Waals surface area (Å²) in [5.74, 6) is 0.360. The molecule has 0 atom stereocenters. The fourth-order valence-corrected chi connectivity index (χ4v) is 5.36. The van der Waals surface area contributed by atoms with Crippen LogP contribution in [-0.2, 0) is 0 Å². The number of aromatic amines is 1. The number of nitrogens with one attached hydrogen (secondary N) is 2. The minimum Gasteiger partial charge on any atom is -0.354 e. The molecule has 0 aliphatic carbocycles. The van der Waals surface area contributed by atoms with E-state index in [1.54, 1.807) is 17.0 Å². The number of piperidine rings is 1. The number of nitrogens with zero attached hydrogens (tertiary/aromatic N) is 5. The van der Waals surface area contributed by atoms with Gasteiger partial charge in [-0.2, -0.15) is 5.10 Å². The minimum absolute atomic E-state index is 0.126.